The summed E-state index contributed by atoms with van der Waals surface area (Å²) in [5, 5.41) is 8.95. The first-order valence-electron chi connectivity index (χ1n) is 0.983. The Morgan fingerprint density at radius 3 is 1.67 bits per heavy atom. The van der Waals surface area contributed by atoms with Crippen LogP contribution in [0.5, 0.6) is 0 Å². The van der Waals surface area contributed by atoms with Crippen molar-refractivity contribution in [2.75, 3.05) is 0 Å². The van der Waals surface area contributed by atoms with Gasteiger partial charge in [-0.2, -0.15) is 0 Å². The second-order valence-corrected chi connectivity index (χ2v) is 1.81. The average Bonchev–Trinajstić information content (AvgIpc) is 1.35. The van der Waals surface area contributed by atoms with Gasteiger partial charge in [-0.15, -0.1) is 0 Å². The first-order valence-corrected chi connectivity index (χ1v) is 2.55. The van der Waals surface area contributed by atoms with Gasteiger partial charge in [-0.1, -0.05) is 0 Å². The Labute approximate surface area is 33.8 Å². The van der Waals surface area contributed by atoms with Crippen molar-refractivity contribution in [3.8, 4) is 0 Å². The molecular formula is H3NO4P. The summed E-state index contributed by atoms with van der Waals surface area (Å²) in [6.07, 6.45) is 0. The van der Waals surface area contributed by atoms with E-state index in [-0.39, 0.29) is 0 Å². The number of nitrogens with zero attached hydrogens (tertiary/aromatic N) is 1. The molecule has 37 valence electrons. The molecule has 0 aliphatic rings. The van der Waals surface area contributed by atoms with Crippen LogP contribution in [0.25, 0.3) is 0 Å². The standard InChI is InChI=1S/H3NO4P/c2-1-6(3,4)5/h2H,(H2,3,4,5). The highest BCUT2D eigenvalue weighted by molar-refractivity contribution is 7.49. The van der Waals surface area contributed by atoms with Crippen molar-refractivity contribution < 1.29 is 19.6 Å². The molecule has 0 bridgehead atoms. The molecule has 0 saturated carbocycles. The zero-order valence-corrected chi connectivity index (χ0v) is 3.54. The van der Waals surface area contributed by atoms with Gasteiger partial charge in [-0.25, -0.2) is 4.57 Å². The van der Waals surface area contributed by atoms with Crippen LogP contribution in [0.3, 0.4) is 0 Å². The lowest BCUT2D eigenvalue weighted by Crippen LogP contribution is -1.90. The molecule has 0 fully saturated rings. The van der Waals surface area contributed by atoms with Crippen LogP contribution < -0.4 is 5.25 Å². The Bertz CT molecular complexity index is 71.6. The van der Waals surface area contributed by atoms with E-state index in [4.69, 9.17) is 15.0 Å². The van der Waals surface area contributed by atoms with E-state index < -0.39 is 7.75 Å². The maximum atomic E-state index is 9.28. The minimum absolute atomic E-state index is 1.69. The van der Waals surface area contributed by atoms with Crippen molar-refractivity contribution in [1.29, 1.82) is 0 Å². The van der Waals surface area contributed by atoms with Crippen LogP contribution in [0, 0.1) is 0 Å². The molecule has 0 heterocycles. The normalized spacial score (nSPS) is 11.8. The Morgan fingerprint density at radius 1 is 1.50 bits per heavy atom. The zero-order valence-electron chi connectivity index (χ0n) is 2.64. The number of hydrogen-bond acceptors (Lipinski definition) is 2. The SMILES string of the molecule is O=P(O)(O)[N]O. The van der Waals surface area contributed by atoms with Crippen LogP contribution in [0.1, 0.15) is 0 Å². The Hall–Kier alpha value is 0.0700. The van der Waals surface area contributed by atoms with Gasteiger partial charge in [-0.05, 0) is 0 Å². The fourth-order valence-corrected chi connectivity index (χ4v) is 0. The van der Waals surface area contributed by atoms with Gasteiger partial charge in [0.05, 0.1) is 0 Å². The third-order valence-electron chi connectivity index (χ3n) is 0.117. The molecule has 1 radical (unpaired) electrons. The van der Waals surface area contributed by atoms with E-state index in [0.717, 1.165) is 0 Å². The monoisotopic (exact) mass is 112 g/mol. The van der Waals surface area contributed by atoms with Gasteiger partial charge in [0.25, 0.3) is 0 Å². The second kappa shape index (κ2) is 1.68. The molecule has 0 aliphatic heterocycles. The molecule has 0 atom stereocenters. The summed E-state index contributed by atoms with van der Waals surface area (Å²) < 4.78 is 9.28. The van der Waals surface area contributed by atoms with E-state index in [1.807, 2.05) is 0 Å². The van der Waals surface area contributed by atoms with Crippen LogP contribution in [-0.2, 0) is 4.57 Å². The van der Waals surface area contributed by atoms with Crippen LogP contribution in [0.15, 0.2) is 0 Å². The molecule has 0 aromatic heterocycles. The third kappa shape index (κ3) is 4.07. The molecule has 0 rings (SSSR count). The Kier molecular flexibility index (Phi) is 1.70. The molecule has 0 amide bonds. The van der Waals surface area contributed by atoms with Crippen molar-refractivity contribution >= 4 is 7.75 Å². The van der Waals surface area contributed by atoms with E-state index in [1.165, 1.54) is 0 Å². The first-order chi connectivity index (χ1) is 2.56. The first kappa shape index (κ1) is 6.07. The molecule has 5 nitrogen and oxygen atoms in total. The lowest BCUT2D eigenvalue weighted by atomic mass is 13.5. The molecule has 0 unspecified atom stereocenters. The summed E-state index contributed by atoms with van der Waals surface area (Å²) in [5.74, 6) is 0. The van der Waals surface area contributed by atoms with Gasteiger partial charge in [0.1, 0.15) is 0 Å². The molecular weight excluding hydrogens is 109 g/mol. The van der Waals surface area contributed by atoms with Gasteiger partial charge >= 0.3 is 7.75 Å². The largest absolute Gasteiger partial charge is 0.443 e. The predicted molar refractivity (Wildman–Crippen MR) is 16.0 cm³/mol. The van der Waals surface area contributed by atoms with E-state index in [9.17, 15) is 4.57 Å². The summed E-state index contributed by atoms with van der Waals surface area (Å²) in [6.45, 7) is 0. The van der Waals surface area contributed by atoms with E-state index >= 15 is 0 Å². The third-order valence-corrected chi connectivity index (χ3v) is 0.350. The fraction of sp³-hybridized carbons (Fsp3) is 0. The summed E-state index contributed by atoms with van der Waals surface area (Å²) in [7, 11) is -4.47. The maximum Gasteiger partial charge on any atom is 0.443 e. The van der Waals surface area contributed by atoms with Crippen LogP contribution in [0.4, 0.5) is 0 Å². The zero-order chi connectivity index (χ0) is 5.21. The molecule has 6 heavy (non-hydrogen) atoms. The van der Waals surface area contributed by atoms with E-state index in [1.54, 1.807) is 5.25 Å². The Balaban J connectivity index is 3.48. The van der Waals surface area contributed by atoms with E-state index in [2.05, 4.69) is 0 Å². The lowest BCUT2D eigenvalue weighted by molar-refractivity contribution is 0.185. The predicted octanol–water partition coefficient (Wildman–Crippen LogP) is -0.927. The molecule has 0 aliphatic carbocycles. The average molecular weight is 112 g/mol. The van der Waals surface area contributed by atoms with Crippen LogP contribution in [0.2, 0.25) is 0 Å². The lowest BCUT2D eigenvalue weighted by Gasteiger charge is -1.89. The van der Waals surface area contributed by atoms with Crippen molar-refractivity contribution in [2.45, 2.75) is 0 Å². The molecule has 0 aromatic carbocycles. The van der Waals surface area contributed by atoms with Gasteiger partial charge in [0.2, 0.25) is 0 Å². The molecule has 3 N–H and O–H groups in total. The highest BCUT2D eigenvalue weighted by atomic mass is 31.2. The fourth-order valence-electron chi connectivity index (χ4n) is 0. The molecule has 0 aromatic rings. The summed E-state index contributed by atoms with van der Waals surface area (Å²) >= 11 is 0. The highest BCUT2D eigenvalue weighted by Gasteiger charge is 2.09. The highest BCUT2D eigenvalue weighted by Crippen LogP contribution is 2.28. The quantitative estimate of drug-likeness (QED) is 0.302. The number of rotatable bonds is 1. The molecule has 0 saturated heterocycles. The smallest absolute Gasteiger partial charge is 0.310 e. The van der Waals surface area contributed by atoms with Crippen LogP contribution >= 0.6 is 7.75 Å². The maximum absolute atomic E-state index is 9.28. The van der Waals surface area contributed by atoms with Crippen molar-refractivity contribution in [3.05, 3.63) is 0 Å². The second-order valence-electron chi connectivity index (χ2n) is 0.603. The summed E-state index contributed by atoms with van der Waals surface area (Å²) in [5.41, 5.74) is 0. The number of hydrogen-bond donors (Lipinski definition) is 3. The minimum atomic E-state index is -4.47. The van der Waals surface area contributed by atoms with Gasteiger partial charge in [0, 0.05) is 5.25 Å². The van der Waals surface area contributed by atoms with Crippen molar-refractivity contribution in [1.82, 2.24) is 5.25 Å². The molecule has 6 heteroatoms. The van der Waals surface area contributed by atoms with E-state index in [0.29, 0.717) is 0 Å². The van der Waals surface area contributed by atoms with Gasteiger partial charge < -0.3 is 9.79 Å². The molecule has 0 spiro atoms. The summed E-state index contributed by atoms with van der Waals surface area (Å²) in [6, 6.07) is 0. The van der Waals surface area contributed by atoms with Crippen LogP contribution in [-0.4, -0.2) is 15.0 Å². The van der Waals surface area contributed by atoms with Gasteiger partial charge in [0.15, 0.2) is 0 Å². The Morgan fingerprint density at radius 2 is 1.67 bits per heavy atom. The minimum Gasteiger partial charge on any atom is -0.310 e. The van der Waals surface area contributed by atoms with Crippen molar-refractivity contribution in [3.63, 3.8) is 0 Å². The van der Waals surface area contributed by atoms with Gasteiger partial charge in [-0.3, -0.25) is 5.21 Å². The topological polar surface area (TPSA) is 91.9 Å². The van der Waals surface area contributed by atoms with Crippen molar-refractivity contribution in [2.24, 2.45) is 0 Å². The summed E-state index contributed by atoms with van der Waals surface area (Å²) in [4.78, 5) is 15.0.